The molecular weight excluding hydrogens is 430 g/mol. The van der Waals surface area contributed by atoms with Crippen LogP contribution in [0, 0.1) is 11.6 Å². The predicted molar refractivity (Wildman–Crippen MR) is 119 cm³/mol. The van der Waals surface area contributed by atoms with Gasteiger partial charge >= 0.3 is 0 Å². The lowest BCUT2D eigenvalue weighted by Gasteiger charge is -2.40. The van der Waals surface area contributed by atoms with Gasteiger partial charge in [0.05, 0.1) is 26.2 Å². The third-order valence-corrected chi connectivity index (χ3v) is 5.79. The molecule has 33 heavy (non-hydrogen) atoms. The third-order valence-electron chi connectivity index (χ3n) is 5.79. The molecule has 0 radical (unpaired) electrons. The van der Waals surface area contributed by atoms with Crippen LogP contribution >= 0.6 is 0 Å². The summed E-state index contributed by atoms with van der Waals surface area (Å²) in [5, 5.41) is 2.76. The number of rotatable bonds is 5. The molecule has 1 aliphatic heterocycles. The van der Waals surface area contributed by atoms with Crippen molar-refractivity contribution in [3.05, 3.63) is 89.0 Å². The number of nitrogens with zero attached hydrogens (tertiary/aromatic N) is 1. The second kappa shape index (κ2) is 8.90. The van der Waals surface area contributed by atoms with Gasteiger partial charge in [-0.15, -0.1) is 0 Å². The third kappa shape index (κ3) is 4.00. The molecule has 0 aromatic heterocycles. The van der Waals surface area contributed by atoms with Gasteiger partial charge in [0.25, 0.3) is 5.91 Å². The van der Waals surface area contributed by atoms with E-state index in [-0.39, 0.29) is 17.0 Å². The SMILES string of the molecule is COc1cc2c(cc1OC)[C@@H](C(=O)Nc1ccc(F)cc1)[C@H](c1ccccc1F)N(C)C2=O. The summed E-state index contributed by atoms with van der Waals surface area (Å²) in [6, 6.07) is 13.5. The Morgan fingerprint density at radius 1 is 0.939 bits per heavy atom. The Morgan fingerprint density at radius 3 is 2.21 bits per heavy atom. The highest BCUT2D eigenvalue weighted by Crippen LogP contribution is 2.46. The van der Waals surface area contributed by atoms with Gasteiger partial charge in [-0.2, -0.15) is 0 Å². The first-order valence-corrected chi connectivity index (χ1v) is 10.2. The molecule has 170 valence electrons. The fraction of sp³-hybridized carbons (Fsp3) is 0.200. The fourth-order valence-corrected chi connectivity index (χ4v) is 4.19. The van der Waals surface area contributed by atoms with Crippen LogP contribution in [0.15, 0.2) is 60.7 Å². The van der Waals surface area contributed by atoms with Gasteiger partial charge in [-0.25, -0.2) is 8.78 Å². The fourth-order valence-electron chi connectivity index (χ4n) is 4.19. The average Bonchev–Trinajstić information content (AvgIpc) is 2.82. The quantitative estimate of drug-likeness (QED) is 0.618. The first-order valence-electron chi connectivity index (χ1n) is 10.2. The van der Waals surface area contributed by atoms with E-state index in [1.165, 1.54) is 62.6 Å². The van der Waals surface area contributed by atoms with Crippen LogP contribution in [0.1, 0.15) is 33.4 Å². The van der Waals surface area contributed by atoms with Gasteiger partial charge in [0.2, 0.25) is 5.91 Å². The Morgan fingerprint density at radius 2 is 1.58 bits per heavy atom. The summed E-state index contributed by atoms with van der Waals surface area (Å²) in [7, 11) is 4.42. The summed E-state index contributed by atoms with van der Waals surface area (Å²) < 4.78 is 38.9. The van der Waals surface area contributed by atoms with Crippen molar-refractivity contribution in [3.63, 3.8) is 0 Å². The summed E-state index contributed by atoms with van der Waals surface area (Å²) in [5.41, 5.74) is 1.20. The summed E-state index contributed by atoms with van der Waals surface area (Å²) in [5.74, 6) is -2.16. The maximum absolute atomic E-state index is 14.9. The van der Waals surface area contributed by atoms with E-state index in [9.17, 15) is 18.4 Å². The van der Waals surface area contributed by atoms with Crippen LogP contribution < -0.4 is 14.8 Å². The van der Waals surface area contributed by atoms with E-state index >= 15 is 0 Å². The minimum Gasteiger partial charge on any atom is -0.493 e. The molecule has 0 aliphatic carbocycles. The van der Waals surface area contributed by atoms with Gasteiger partial charge < -0.3 is 19.7 Å². The van der Waals surface area contributed by atoms with Crippen LogP contribution in [0.25, 0.3) is 0 Å². The normalized spacial score (nSPS) is 17.4. The molecule has 0 bridgehead atoms. The zero-order valence-electron chi connectivity index (χ0n) is 18.3. The van der Waals surface area contributed by atoms with Crippen molar-refractivity contribution in [1.82, 2.24) is 4.90 Å². The van der Waals surface area contributed by atoms with E-state index in [4.69, 9.17) is 9.47 Å². The molecule has 0 saturated carbocycles. The molecule has 6 nitrogen and oxygen atoms in total. The topological polar surface area (TPSA) is 67.9 Å². The zero-order valence-corrected chi connectivity index (χ0v) is 18.3. The molecule has 0 unspecified atom stereocenters. The number of halogens is 2. The van der Waals surface area contributed by atoms with Crippen LogP contribution in [0.2, 0.25) is 0 Å². The highest BCUT2D eigenvalue weighted by molar-refractivity contribution is 6.04. The number of nitrogens with one attached hydrogen (secondary N) is 1. The van der Waals surface area contributed by atoms with Crippen molar-refractivity contribution < 1.29 is 27.8 Å². The van der Waals surface area contributed by atoms with E-state index in [2.05, 4.69) is 5.32 Å². The van der Waals surface area contributed by atoms with E-state index < -0.39 is 29.5 Å². The van der Waals surface area contributed by atoms with Gasteiger partial charge in [0.15, 0.2) is 11.5 Å². The lowest BCUT2D eigenvalue weighted by Crippen LogP contribution is -2.44. The van der Waals surface area contributed by atoms with E-state index in [1.54, 1.807) is 24.3 Å². The second-order valence-corrected chi connectivity index (χ2v) is 7.65. The first kappa shape index (κ1) is 22.3. The average molecular weight is 452 g/mol. The molecule has 2 atom stereocenters. The number of carbonyl (C=O) groups is 2. The smallest absolute Gasteiger partial charge is 0.254 e. The molecule has 0 spiro atoms. The molecule has 2 amide bonds. The summed E-state index contributed by atoms with van der Waals surface area (Å²) >= 11 is 0. The molecule has 0 saturated heterocycles. The minimum atomic E-state index is -0.982. The lowest BCUT2D eigenvalue weighted by molar-refractivity contribution is -0.119. The Bertz CT molecular complexity index is 1210. The molecular formula is C25H22F2N2O4. The van der Waals surface area contributed by atoms with E-state index in [0.717, 1.165) is 0 Å². The lowest BCUT2D eigenvalue weighted by atomic mass is 9.79. The summed E-state index contributed by atoms with van der Waals surface area (Å²) in [6.07, 6.45) is 0. The summed E-state index contributed by atoms with van der Waals surface area (Å²) in [4.78, 5) is 28.2. The van der Waals surface area contributed by atoms with Crippen molar-refractivity contribution in [1.29, 1.82) is 0 Å². The number of benzene rings is 3. The number of anilines is 1. The number of fused-ring (bicyclic) bond motifs is 1. The second-order valence-electron chi connectivity index (χ2n) is 7.65. The Hall–Kier alpha value is -3.94. The standard InChI is InChI=1S/C25H22F2N2O4/c1-29-23(16-6-4-5-7-19(16)27)22(24(30)28-15-10-8-14(26)9-11-15)17-12-20(32-2)21(33-3)13-18(17)25(29)31/h4-13,22-23H,1-3H3,(H,28,30)/t22-,23+/m1/s1. The minimum absolute atomic E-state index is 0.202. The zero-order chi connectivity index (χ0) is 23.7. The highest BCUT2D eigenvalue weighted by Gasteiger charge is 2.44. The van der Waals surface area contributed by atoms with Crippen LogP contribution in [-0.4, -0.2) is 38.0 Å². The number of ether oxygens (including phenoxy) is 2. The predicted octanol–water partition coefficient (Wildman–Crippen LogP) is 4.53. The van der Waals surface area contributed by atoms with Gasteiger partial charge in [-0.1, -0.05) is 18.2 Å². The van der Waals surface area contributed by atoms with Crippen molar-refractivity contribution in [3.8, 4) is 11.5 Å². The van der Waals surface area contributed by atoms with Crippen molar-refractivity contribution in [2.45, 2.75) is 12.0 Å². The number of methoxy groups -OCH3 is 2. The first-order chi connectivity index (χ1) is 15.8. The van der Waals surface area contributed by atoms with E-state index in [1.807, 2.05) is 0 Å². The molecule has 1 N–H and O–H groups in total. The number of amides is 2. The largest absolute Gasteiger partial charge is 0.493 e. The number of carbonyl (C=O) groups excluding carboxylic acids is 2. The van der Waals surface area contributed by atoms with Gasteiger partial charge in [-0.05, 0) is 48.0 Å². The van der Waals surface area contributed by atoms with Crippen LogP contribution in [0.4, 0.5) is 14.5 Å². The van der Waals surface area contributed by atoms with Crippen molar-refractivity contribution in [2.75, 3.05) is 26.6 Å². The monoisotopic (exact) mass is 452 g/mol. The summed E-state index contributed by atoms with van der Waals surface area (Å²) in [6.45, 7) is 0. The molecule has 1 aliphatic rings. The number of likely N-dealkylation sites (N-methyl/N-ethyl adjacent to an activating group) is 1. The van der Waals surface area contributed by atoms with Crippen molar-refractivity contribution >= 4 is 17.5 Å². The molecule has 3 aromatic rings. The molecule has 4 rings (SSSR count). The Labute approximate surface area is 189 Å². The molecule has 3 aromatic carbocycles. The number of hydrogen-bond donors (Lipinski definition) is 1. The number of hydrogen-bond acceptors (Lipinski definition) is 4. The van der Waals surface area contributed by atoms with Gasteiger partial charge in [0, 0.05) is 23.9 Å². The maximum atomic E-state index is 14.9. The van der Waals surface area contributed by atoms with Crippen LogP contribution in [-0.2, 0) is 4.79 Å². The van der Waals surface area contributed by atoms with Gasteiger partial charge in [-0.3, -0.25) is 9.59 Å². The molecule has 8 heteroatoms. The molecule has 1 heterocycles. The van der Waals surface area contributed by atoms with Crippen LogP contribution in [0.5, 0.6) is 11.5 Å². The van der Waals surface area contributed by atoms with E-state index in [0.29, 0.717) is 22.7 Å². The van der Waals surface area contributed by atoms with Crippen LogP contribution in [0.3, 0.4) is 0 Å². The maximum Gasteiger partial charge on any atom is 0.254 e. The Kier molecular flexibility index (Phi) is 6.00. The molecule has 0 fully saturated rings. The Balaban J connectivity index is 1.89. The highest BCUT2D eigenvalue weighted by atomic mass is 19.1. The van der Waals surface area contributed by atoms with Crippen molar-refractivity contribution in [2.24, 2.45) is 0 Å². The van der Waals surface area contributed by atoms with Gasteiger partial charge in [0.1, 0.15) is 11.6 Å².